The lowest BCUT2D eigenvalue weighted by atomic mass is 9.91. The van der Waals surface area contributed by atoms with Crippen molar-refractivity contribution >= 4 is 44.8 Å². The Balaban J connectivity index is 1.62. The van der Waals surface area contributed by atoms with Crippen LogP contribution in [0.5, 0.6) is 11.5 Å². The molecule has 3 aromatic rings. The number of fused-ring (bicyclic) bond motifs is 1. The first-order valence-electron chi connectivity index (χ1n) is 10.8. The Morgan fingerprint density at radius 1 is 1.34 bits per heavy atom. The Kier molecular flexibility index (Phi) is 7.63. The molecule has 2 atom stereocenters. The molecular formula is C24H23ClFN3O5S. The minimum Gasteiger partial charge on any atom is -0.495 e. The smallest absolute Gasteiger partial charge is 0.243 e. The minimum absolute atomic E-state index is 0.0227. The van der Waals surface area contributed by atoms with Crippen LogP contribution in [0.4, 0.5) is 4.39 Å². The molecule has 1 aromatic carbocycles. The van der Waals surface area contributed by atoms with E-state index in [9.17, 15) is 14.0 Å². The van der Waals surface area contributed by atoms with Crippen molar-refractivity contribution in [3.63, 3.8) is 0 Å². The van der Waals surface area contributed by atoms with Gasteiger partial charge in [0, 0.05) is 36.5 Å². The normalized spacial score (nSPS) is 17.7. The molecule has 1 fully saturated rings. The summed E-state index contributed by atoms with van der Waals surface area (Å²) in [6.07, 6.45) is 4.12. The van der Waals surface area contributed by atoms with Gasteiger partial charge in [-0.15, -0.1) is 11.3 Å². The molecule has 1 amide bonds. The average molecular weight is 520 g/mol. The van der Waals surface area contributed by atoms with Gasteiger partial charge in [-0.05, 0) is 25.0 Å². The van der Waals surface area contributed by atoms with Crippen LogP contribution in [0.2, 0.25) is 5.02 Å². The molecule has 0 aliphatic carbocycles. The van der Waals surface area contributed by atoms with Crippen LogP contribution in [0.15, 0.2) is 31.0 Å². The third-order valence-electron chi connectivity index (χ3n) is 5.79. The summed E-state index contributed by atoms with van der Waals surface area (Å²) in [7, 11) is 2.65. The van der Waals surface area contributed by atoms with E-state index in [2.05, 4.69) is 21.9 Å². The molecule has 3 heterocycles. The molecule has 1 N–H and O–H groups in total. The molecule has 1 aliphatic heterocycles. The Bertz CT molecular complexity index is 1270. The number of methoxy groups -OCH3 is 2. The highest BCUT2D eigenvalue weighted by atomic mass is 35.5. The Morgan fingerprint density at radius 3 is 2.83 bits per heavy atom. The number of thiazole rings is 1. The van der Waals surface area contributed by atoms with Crippen LogP contribution in [0.3, 0.4) is 0 Å². The number of carbonyl (C=O) groups is 2. The van der Waals surface area contributed by atoms with Gasteiger partial charge in [0.2, 0.25) is 11.7 Å². The summed E-state index contributed by atoms with van der Waals surface area (Å²) in [5.74, 6) is -1.81. The lowest BCUT2D eigenvalue weighted by Crippen LogP contribution is -2.45. The maximum Gasteiger partial charge on any atom is 0.243 e. The predicted molar refractivity (Wildman–Crippen MR) is 130 cm³/mol. The second-order valence-electron chi connectivity index (χ2n) is 7.92. The van der Waals surface area contributed by atoms with Crippen LogP contribution in [0.25, 0.3) is 10.2 Å². The van der Waals surface area contributed by atoms with Gasteiger partial charge in [0.25, 0.3) is 0 Å². The number of pyridine rings is 1. The first-order valence-corrected chi connectivity index (χ1v) is 12.0. The fourth-order valence-electron chi connectivity index (χ4n) is 3.98. The van der Waals surface area contributed by atoms with Gasteiger partial charge >= 0.3 is 0 Å². The molecule has 0 radical (unpaired) electrons. The number of rotatable bonds is 8. The number of nitrogens with zero attached hydrogens (tertiary/aromatic N) is 2. The Hall–Kier alpha value is -3.08. The van der Waals surface area contributed by atoms with Crippen LogP contribution in [0.1, 0.15) is 27.5 Å². The van der Waals surface area contributed by atoms with Gasteiger partial charge in [-0.3, -0.25) is 14.6 Å². The fourth-order valence-corrected chi connectivity index (χ4v) is 5.14. The topological polar surface area (TPSA) is 99.6 Å². The molecule has 1 aliphatic rings. The van der Waals surface area contributed by atoms with Gasteiger partial charge < -0.3 is 19.5 Å². The van der Waals surface area contributed by atoms with Crippen LogP contribution in [0, 0.1) is 11.7 Å². The van der Waals surface area contributed by atoms with Gasteiger partial charge in [0.1, 0.15) is 5.75 Å². The predicted octanol–water partition coefficient (Wildman–Crippen LogP) is 3.98. The van der Waals surface area contributed by atoms with Gasteiger partial charge in [-0.1, -0.05) is 18.2 Å². The number of hydrogen-bond acceptors (Lipinski definition) is 8. The second-order valence-corrected chi connectivity index (χ2v) is 9.33. The number of carbonyl (C=O) groups excluding carboxylic acids is 2. The number of nitrogens with one attached hydrogen (secondary N) is 1. The summed E-state index contributed by atoms with van der Waals surface area (Å²) in [5, 5.41) is 2.86. The summed E-state index contributed by atoms with van der Waals surface area (Å²) in [4.78, 5) is 33.9. The zero-order valence-corrected chi connectivity index (χ0v) is 20.7. The molecule has 0 bridgehead atoms. The summed E-state index contributed by atoms with van der Waals surface area (Å²) >= 11 is 7.34. The van der Waals surface area contributed by atoms with Crippen molar-refractivity contribution in [1.82, 2.24) is 15.3 Å². The zero-order valence-electron chi connectivity index (χ0n) is 19.1. The number of aromatic nitrogens is 2. The fraction of sp³-hybridized carbons (Fsp3) is 0.333. The van der Waals surface area contributed by atoms with Crippen molar-refractivity contribution in [3.8, 4) is 11.5 Å². The van der Waals surface area contributed by atoms with Crippen LogP contribution < -0.4 is 14.8 Å². The number of benzene rings is 1. The summed E-state index contributed by atoms with van der Waals surface area (Å²) in [6, 6.07) is 3.00. The maximum atomic E-state index is 14.9. The highest BCUT2D eigenvalue weighted by Crippen LogP contribution is 2.38. The molecule has 11 heteroatoms. The Labute approximate surface area is 210 Å². The molecule has 0 spiro atoms. The highest BCUT2D eigenvalue weighted by molar-refractivity contribution is 7.20. The summed E-state index contributed by atoms with van der Waals surface area (Å²) in [6.45, 7) is 4.55. The third-order valence-corrected chi connectivity index (χ3v) is 7.17. The molecule has 2 unspecified atom stereocenters. The Morgan fingerprint density at radius 2 is 2.11 bits per heavy atom. The monoisotopic (exact) mass is 519 g/mol. The lowest BCUT2D eigenvalue weighted by Gasteiger charge is -2.31. The molecule has 1 saturated heterocycles. The van der Waals surface area contributed by atoms with Crippen molar-refractivity contribution in [2.45, 2.75) is 18.9 Å². The quantitative estimate of drug-likeness (QED) is 0.355. The zero-order chi connectivity index (χ0) is 25.1. The highest BCUT2D eigenvalue weighted by Gasteiger charge is 2.29. The van der Waals surface area contributed by atoms with E-state index in [4.69, 9.17) is 25.8 Å². The molecule has 35 heavy (non-hydrogen) atoms. The van der Waals surface area contributed by atoms with E-state index in [0.717, 1.165) is 17.0 Å². The van der Waals surface area contributed by atoms with Crippen molar-refractivity contribution in [2.24, 2.45) is 5.92 Å². The van der Waals surface area contributed by atoms with Crippen molar-refractivity contribution in [3.05, 3.63) is 58.1 Å². The summed E-state index contributed by atoms with van der Waals surface area (Å²) in [5.41, 5.74) is 0.927. The largest absolute Gasteiger partial charge is 0.495 e. The average Bonchev–Trinajstić information content (AvgIpc) is 3.29. The van der Waals surface area contributed by atoms with E-state index in [-0.39, 0.29) is 45.0 Å². The number of ketones is 1. The molecule has 0 saturated carbocycles. The standard InChI is InChI=1S/C24H23ClFN3O5S/c1-4-19(30)28-14-5-6-34-11-12(14)7-13-8-15-18(10-27-13)35-24(29-15)23(31)20-21(25)16(32-2)9-17(33-3)22(20)26/h4,8-10,12,14H,1,5-7,11H2,2-3H3,(H,28,30). The number of ether oxygens (including phenoxy) is 3. The SMILES string of the molecule is C=CC(=O)NC1CCOCC1Cc1cc2nc(C(=O)c3c(F)c(OC)cc(OC)c3Cl)sc2cn1. The van der Waals surface area contributed by atoms with Gasteiger partial charge in [0.15, 0.2) is 16.6 Å². The first-order chi connectivity index (χ1) is 16.9. The maximum absolute atomic E-state index is 14.9. The van der Waals surface area contributed by atoms with E-state index in [1.165, 1.54) is 26.4 Å². The van der Waals surface area contributed by atoms with Gasteiger partial charge in [0.05, 0.1) is 41.6 Å². The van der Waals surface area contributed by atoms with Gasteiger partial charge in [-0.25, -0.2) is 9.37 Å². The third kappa shape index (κ3) is 5.14. The number of amides is 1. The van der Waals surface area contributed by atoms with Crippen molar-refractivity contribution in [2.75, 3.05) is 27.4 Å². The van der Waals surface area contributed by atoms with E-state index in [0.29, 0.717) is 36.3 Å². The van der Waals surface area contributed by atoms with E-state index in [1.807, 2.05) is 0 Å². The first kappa shape index (κ1) is 25.0. The van der Waals surface area contributed by atoms with Crippen LogP contribution >= 0.6 is 22.9 Å². The lowest BCUT2D eigenvalue weighted by molar-refractivity contribution is -0.118. The summed E-state index contributed by atoms with van der Waals surface area (Å²) < 4.78 is 31.4. The van der Waals surface area contributed by atoms with Crippen LogP contribution in [-0.2, 0) is 16.0 Å². The molecule has 4 rings (SSSR count). The number of hydrogen-bond donors (Lipinski definition) is 1. The molecular weight excluding hydrogens is 497 g/mol. The molecule has 184 valence electrons. The number of halogens is 2. The van der Waals surface area contributed by atoms with Crippen molar-refractivity contribution in [1.29, 1.82) is 0 Å². The second kappa shape index (κ2) is 10.7. The van der Waals surface area contributed by atoms with Crippen molar-refractivity contribution < 1.29 is 28.2 Å². The van der Waals surface area contributed by atoms with Gasteiger partial charge in [-0.2, -0.15) is 0 Å². The molecule has 2 aromatic heterocycles. The minimum atomic E-state index is -0.883. The van der Waals surface area contributed by atoms with E-state index >= 15 is 0 Å². The van der Waals surface area contributed by atoms with Crippen LogP contribution in [-0.4, -0.2) is 55.1 Å². The van der Waals surface area contributed by atoms with E-state index < -0.39 is 11.6 Å². The molecule has 8 nitrogen and oxygen atoms in total. The van der Waals surface area contributed by atoms with E-state index in [1.54, 1.807) is 12.3 Å².